The van der Waals surface area contributed by atoms with E-state index < -0.39 is 0 Å². The first kappa shape index (κ1) is 14.7. The Hall–Kier alpha value is -2.24. The van der Waals surface area contributed by atoms with Gasteiger partial charge in [0, 0.05) is 11.6 Å². The molecule has 0 aliphatic carbocycles. The molecule has 5 nitrogen and oxygen atoms in total. The summed E-state index contributed by atoms with van der Waals surface area (Å²) >= 11 is 0. The summed E-state index contributed by atoms with van der Waals surface area (Å²) in [6.45, 7) is 0. The molecule has 0 saturated carbocycles. The minimum Gasteiger partial charge on any atom is -0.508 e. The van der Waals surface area contributed by atoms with Crippen molar-refractivity contribution < 1.29 is 14.6 Å². The van der Waals surface area contributed by atoms with Crippen molar-refractivity contribution in [1.29, 1.82) is 0 Å². The summed E-state index contributed by atoms with van der Waals surface area (Å²) in [4.78, 5) is 0. The number of hydrazine groups is 1. The third-order valence-electron chi connectivity index (χ3n) is 4.03. The van der Waals surface area contributed by atoms with Gasteiger partial charge < -0.3 is 14.6 Å². The lowest BCUT2D eigenvalue weighted by Gasteiger charge is -2.13. The van der Waals surface area contributed by atoms with Crippen LogP contribution in [0, 0.1) is 0 Å². The highest BCUT2D eigenvalue weighted by Crippen LogP contribution is 2.36. The molecule has 0 amide bonds. The lowest BCUT2D eigenvalue weighted by molar-refractivity contribution is 0.407. The van der Waals surface area contributed by atoms with Gasteiger partial charge in [0.2, 0.25) is 0 Å². The maximum absolute atomic E-state index is 10.1. The molecule has 1 aliphatic heterocycles. The van der Waals surface area contributed by atoms with E-state index in [1.54, 1.807) is 26.4 Å². The van der Waals surface area contributed by atoms with Gasteiger partial charge in [0.1, 0.15) is 17.2 Å². The van der Waals surface area contributed by atoms with Gasteiger partial charge in [-0.25, -0.2) is 10.9 Å². The first-order chi connectivity index (χ1) is 10.7. The number of hydrogen-bond donors (Lipinski definition) is 3. The first-order valence-electron chi connectivity index (χ1n) is 7.23. The molecular formula is C17H20N2O3. The molecule has 1 heterocycles. The molecule has 0 aromatic heterocycles. The molecule has 2 aromatic carbocycles. The Bertz CT molecular complexity index is 643. The summed E-state index contributed by atoms with van der Waals surface area (Å²) in [5.74, 6) is 1.86. The summed E-state index contributed by atoms with van der Waals surface area (Å²) in [5, 5.41) is 10.1. The van der Waals surface area contributed by atoms with Crippen LogP contribution in [0.5, 0.6) is 17.2 Å². The van der Waals surface area contributed by atoms with E-state index in [9.17, 15) is 5.11 Å². The minimum atomic E-state index is 0.0298. The van der Waals surface area contributed by atoms with Crippen molar-refractivity contribution in [1.82, 2.24) is 10.9 Å². The van der Waals surface area contributed by atoms with E-state index in [0.29, 0.717) is 0 Å². The molecule has 5 heteroatoms. The van der Waals surface area contributed by atoms with Crippen LogP contribution in [0.2, 0.25) is 0 Å². The zero-order chi connectivity index (χ0) is 15.5. The molecule has 2 atom stereocenters. The fourth-order valence-electron chi connectivity index (χ4n) is 2.75. The third kappa shape index (κ3) is 2.86. The Morgan fingerprint density at radius 1 is 0.909 bits per heavy atom. The zero-order valence-corrected chi connectivity index (χ0v) is 12.7. The molecule has 0 bridgehead atoms. The summed E-state index contributed by atoms with van der Waals surface area (Å²) < 4.78 is 10.4. The van der Waals surface area contributed by atoms with E-state index in [2.05, 4.69) is 10.9 Å². The third-order valence-corrected chi connectivity index (χ3v) is 4.03. The van der Waals surface area contributed by atoms with Gasteiger partial charge in [0.25, 0.3) is 0 Å². The number of nitrogens with one attached hydrogen (secondary N) is 2. The highest BCUT2D eigenvalue weighted by atomic mass is 16.5. The lowest BCUT2D eigenvalue weighted by Crippen LogP contribution is -2.26. The molecule has 2 aromatic rings. The van der Waals surface area contributed by atoms with Gasteiger partial charge in [-0.1, -0.05) is 12.1 Å². The number of rotatable bonds is 4. The molecule has 1 fully saturated rings. The average Bonchev–Trinajstić information content (AvgIpc) is 3.05. The van der Waals surface area contributed by atoms with Crippen molar-refractivity contribution in [2.24, 2.45) is 0 Å². The Kier molecular flexibility index (Phi) is 4.18. The Morgan fingerprint density at radius 2 is 1.55 bits per heavy atom. The summed E-state index contributed by atoms with van der Waals surface area (Å²) in [6, 6.07) is 13.5. The predicted octanol–water partition coefficient (Wildman–Crippen LogP) is 2.69. The van der Waals surface area contributed by atoms with Gasteiger partial charge in [-0.2, -0.15) is 0 Å². The summed E-state index contributed by atoms with van der Waals surface area (Å²) in [7, 11) is 3.28. The highest BCUT2D eigenvalue weighted by molar-refractivity contribution is 5.42. The maximum Gasteiger partial charge on any atom is 0.120 e. The van der Waals surface area contributed by atoms with Crippen LogP contribution in [0.15, 0.2) is 42.5 Å². The van der Waals surface area contributed by atoms with E-state index in [-0.39, 0.29) is 17.8 Å². The minimum absolute atomic E-state index is 0.0298. The van der Waals surface area contributed by atoms with Crippen molar-refractivity contribution in [3.05, 3.63) is 53.6 Å². The molecular weight excluding hydrogens is 280 g/mol. The Balaban J connectivity index is 1.76. The number of ether oxygens (including phenoxy) is 2. The number of phenolic OH excluding ortho intramolecular Hbond substituents is 1. The monoisotopic (exact) mass is 300 g/mol. The fraction of sp³-hybridized carbons (Fsp3) is 0.294. The second-order valence-corrected chi connectivity index (χ2v) is 5.33. The smallest absolute Gasteiger partial charge is 0.120 e. The number of phenols is 1. The van der Waals surface area contributed by atoms with Crippen molar-refractivity contribution in [2.75, 3.05) is 14.2 Å². The van der Waals surface area contributed by atoms with Crippen LogP contribution in [0.25, 0.3) is 0 Å². The Morgan fingerprint density at radius 3 is 2.23 bits per heavy atom. The standard InChI is InChI=1S/C17H20N2O3/c1-21-12-5-3-11(4-6-12)15-10-16(19-18-15)14-9-13(22-2)7-8-17(14)20/h3-9,15-16,18-20H,10H2,1-2H3. The first-order valence-corrected chi connectivity index (χ1v) is 7.23. The predicted molar refractivity (Wildman–Crippen MR) is 84.0 cm³/mol. The normalized spacial score (nSPS) is 20.8. The number of aromatic hydroxyl groups is 1. The lowest BCUT2D eigenvalue weighted by atomic mass is 9.97. The maximum atomic E-state index is 10.1. The van der Waals surface area contributed by atoms with Gasteiger partial charge >= 0.3 is 0 Å². The molecule has 0 radical (unpaired) electrons. The van der Waals surface area contributed by atoms with Crippen molar-refractivity contribution in [2.45, 2.75) is 18.5 Å². The SMILES string of the molecule is COc1ccc(C2CC(c3cc(OC)ccc3O)NN2)cc1. The van der Waals surface area contributed by atoms with Crippen LogP contribution in [-0.2, 0) is 0 Å². The quantitative estimate of drug-likeness (QED) is 0.810. The van der Waals surface area contributed by atoms with Gasteiger partial charge in [-0.15, -0.1) is 0 Å². The number of benzene rings is 2. The van der Waals surface area contributed by atoms with E-state index in [1.807, 2.05) is 30.3 Å². The van der Waals surface area contributed by atoms with Crippen LogP contribution in [-0.4, -0.2) is 19.3 Å². The molecule has 116 valence electrons. The molecule has 1 aliphatic rings. The largest absolute Gasteiger partial charge is 0.508 e. The fourth-order valence-corrected chi connectivity index (χ4v) is 2.75. The Labute approximate surface area is 129 Å². The van der Waals surface area contributed by atoms with Crippen molar-refractivity contribution >= 4 is 0 Å². The van der Waals surface area contributed by atoms with E-state index >= 15 is 0 Å². The highest BCUT2D eigenvalue weighted by Gasteiger charge is 2.28. The molecule has 3 rings (SSSR count). The number of methoxy groups -OCH3 is 2. The zero-order valence-electron chi connectivity index (χ0n) is 12.7. The second kappa shape index (κ2) is 6.25. The molecule has 1 saturated heterocycles. The molecule has 3 N–H and O–H groups in total. The molecule has 2 unspecified atom stereocenters. The van der Waals surface area contributed by atoms with Crippen LogP contribution >= 0.6 is 0 Å². The van der Waals surface area contributed by atoms with E-state index in [1.165, 1.54) is 5.56 Å². The summed E-state index contributed by atoms with van der Waals surface area (Å²) in [5.41, 5.74) is 8.54. The molecule has 0 spiro atoms. The average molecular weight is 300 g/mol. The van der Waals surface area contributed by atoms with Crippen molar-refractivity contribution in [3.63, 3.8) is 0 Å². The van der Waals surface area contributed by atoms with Crippen LogP contribution < -0.4 is 20.3 Å². The van der Waals surface area contributed by atoms with E-state index in [4.69, 9.17) is 9.47 Å². The van der Waals surface area contributed by atoms with Crippen LogP contribution in [0.1, 0.15) is 29.6 Å². The van der Waals surface area contributed by atoms with Gasteiger partial charge in [-0.05, 0) is 42.3 Å². The summed E-state index contributed by atoms with van der Waals surface area (Å²) in [6.07, 6.45) is 0.840. The topological polar surface area (TPSA) is 62.8 Å². The van der Waals surface area contributed by atoms with Gasteiger partial charge in [-0.3, -0.25) is 0 Å². The van der Waals surface area contributed by atoms with Crippen LogP contribution in [0.4, 0.5) is 0 Å². The van der Waals surface area contributed by atoms with Crippen LogP contribution in [0.3, 0.4) is 0 Å². The van der Waals surface area contributed by atoms with E-state index in [0.717, 1.165) is 23.5 Å². The second-order valence-electron chi connectivity index (χ2n) is 5.33. The number of hydrogen-bond acceptors (Lipinski definition) is 5. The van der Waals surface area contributed by atoms with Gasteiger partial charge in [0.05, 0.1) is 20.3 Å². The van der Waals surface area contributed by atoms with Crippen molar-refractivity contribution in [3.8, 4) is 17.2 Å². The molecule has 22 heavy (non-hydrogen) atoms. The van der Waals surface area contributed by atoms with Gasteiger partial charge in [0.15, 0.2) is 0 Å².